The SMILES string of the molecule is O=[N+]([O-])c1ncn(Cc2cn(-c3ccccc3)nn2)n1. The van der Waals surface area contributed by atoms with Crippen molar-refractivity contribution in [1.82, 2.24) is 29.8 Å². The molecule has 0 aliphatic carbocycles. The molecular weight excluding hydrogens is 262 g/mol. The van der Waals surface area contributed by atoms with Gasteiger partial charge in [-0.1, -0.05) is 28.4 Å². The minimum Gasteiger partial charge on any atom is -0.390 e. The van der Waals surface area contributed by atoms with Gasteiger partial charge in [0, 0.05) is 5.10 Å². The van der Waals surface area contributed by atoms with Crippen LogP contribution in [0.5, 0.6) is 0 Å². The number of nitro groups is 1. The summed E-state index contributed by atoms with van der Waals surface area (Å²) in [5.74, 6) is -0.430. The number of hydrogen-bond acceptors (Lipinski definition) is 6. The van der Waals surface area contributed by atoms with Crippen LogP contribution in [0, 0.1) is 10.1 Å². The second-order valence-corrected chi connectivity index (χ2v) is 3.99. The Balaban J connectivity index is 1.78. The molecule has 0 unspecified atom stereocenters. The van der Waals surface area contributed by atoms with E-state index in [0.717, 1.165) is 5.69 Å². The number of rotatable bonds is 4. The Morgan fingerprint density at radius 1 is 1.25 bits per heavy atom. The van der Waals surface area contributed by atoms with Gasteiger partial charge in [-0.3, -0.25) is 0 Å². The van der Waals surface area contributed by atoms with Crippen LogP contribution >= 0.6 is 0 Å². The molecule has 0 saturated carbocycles. The molecule has 0 fully saturated rings. The summed E-state index contributed by atoms with van der Waals surface area (Å²) in [5, 5.41) is 22.2. The van der Waals surface area contributed by atoms with Crippen LogP contribution in [-0.2, 0) is 6.54 Å². The number of nitrogens with zero attached hydrogens (tertiary/aromatic N) is 7. The second-order valence-electron chi connectivity index (χ2n) is 3.99. The first-order valence-electron chi connectivity index (χ1n) is 5.73. The van der Waals surface area contributed by atoms with Crippen LogP contribution in [0.4, 0.5) is 5.95 Å². The van der Waals surface area contributed by atoms with Crippen LogP contribution in [0.1, 0.15) is 5.69 Å². The molecule has 0 N–H and O–H groups in total. The van der Waals surface area contributed by atoms with Crippen LogP contribution in [0.3, 0.4) is 0 Å². The average molecular weight is 271 g/mol. The van der Waals surface area contributed by atoms with E-state index in [1.54, 1.807) is 10.9 Å². The van der Waals surface area contributed by atoms with Gasteiger partial charge in [0.2, 0.25) is 6.33 Å². The summed E-state index contributed by atoms with van der Waals surface area (Å²) in [6.45, 7) is 0.272. The molecule has 2 aromatic heterocycles. The largest absolute Gasteiger partial charge is 0.490 e. The smallest absolute Gasteiger partial charge is 0.390 e. The lowest BCUT2D eigenvalue weighted by molar-refractivity contribution is -0.394. The maximum atomic E-state index is 10.5. The van der Waals surface area contributed by atoms with Crippen LogP contribution < -0.4 is 0 Å². The third-order valence-corrected chi connectivity index (χ3v) is 2.57. The number of para-hydroxylation sites is 1. The molecule has 3 aromatic rings. The van der Waals surface area contributed by atoms with E-state index < -0.39 is 10.9 Å². The van der Waals surface area contributed by atoms with Gasteiger partial charge in [-0.15, -0.1) is 5.10 Å². The van der Waals surface area contributed by atoms with E-state index in [1.165, 1.54) is 11.0 Å². The summed E-state index contributed by atoms with van der Waals surface area (Å²) in [4.78, 5) is 13.4. The second kappa shape index (κ2) is 4.88. The lowest BCUT2D eigenvalue weighted by atomic mass is 10.3. The van der Waals surface area contributed by atoms with E-state index in [9.17, 15) is 10.1 Å². The van der Waals surface area contributed by atoms with Gasteiger partial charge in [0.25, 0.3) is 0 Å². The Hall–Kier alpha value is -3.10. The van der Waals surface area contributed by atoms with Crippen molar-refractivity contribution in [3.8, 4) is 5.69 Å². The Labute approximate surface area is 112 Å². The van der Waals surface area contributed by atoms with Crippen LogP contribution in [-0.4, -0.2) is 34.7 Å². The number of aromatic nitrogens is 6. The first kappa shape index (κ1) is 12.0. The lowest BCUT2D eigenvalue weighted by Gasteiger charge is -1.97. The van der Waals surface area contributed by atoms with Crippen molar-refractivity contribution in [2.75, 3.05) is 0 Å². The zero-order valence-corrected chi connectivity index (χ0v) is 10.2. The molecule has 0 atom stereocenters. The van der Waals surface area contributed by atoms with Crippen molar-refractivity contribution in [3.63, 3.8) is 0 Å². The molecule has 0 spiro atoms. The molecule has 20 heavy (non-hydrogen) atoms. The summed E-state index contributed by atoms with van der Waals surface area (Å²) < 4.78 is 2.97. The van der Waals surface area contributed by atoms with E-state index >= 15 is 0 Å². The quantitative estimate of drug-likeness (QED) is 0.513. The zero-order valence-electron chi connectivity index (χ0n) is 10.2. The Morgan fingerprint density at radius 3 is 2.75 bits per heavy atom. The summed E-state index contributed by atoms with van der Waals surface area (Å²) in [6, 6.07) is 9.52. The highest BCUT2D eigenvalue weighted by Gasteiger charge is 2.14. The van der Waals surface area contributed by atoms with Gasteiger partial charge < -0.3 is 10.1 Å². The lowest BCUT2D eigenvalue weighted by Crippen LogP contribution is -2.01. The van der Waals surface area contributed by atoms with Crippen molar-refractivity contribution < 1.29 is 4.92 Å². The van der Waals surface area contributed by atoms with E-state index in [0.29, 0.717) is 5.69 Å². The zero-order chi connectivity index (χ0) is 13.9. The van der Waals surface area contributed by atoms with Crippen molar-refractivity contribution in [2.24, 2.45) is 0 Å². The molecule has 0 saturated heterocycles. The van der Waals surface area contributed by atoms with Crippen LogP contribution in [0.2, 0.25) is 0 Å². The van der Waals surface area contributed by atoms with Crippen molar-refractivity contribution in [2.45, 2.75) is 6.54 Å². The molecule has 0 aliphatic heterocycles. The molecule has 9 nitrogen and oxygen atoms in total. The van der Waals surface area contributed by atoms with Gasteiger partial charge >= 0.3 is 5.95 Å². The highest BCUT2D eigenvalue weighted by Crippen LogP contribution is 2.07. The Bertz CT molecular complexity index is 734. The normalized spacial score (nSPS) is 10.6. The first-order chi connectivity index (χ1) is 9.72. The van der Waals surface area contributed by atoms with Gasteiger partial charge in [-0.2, -0.15) is 4.68 Å². The van der Waals surface area contributed by atoms with Gasteiger partial charge in [0.1, 0.15) is 12.2 Å². The minimum absolute atomic E-state index is 0.272. The highest BCUT2D eigenvalue weighted by molar-refractivity contribution is 5.29. The average Bonchev–Trinajstić information content (AvgIpc) is 3.10. The van der Waals surface area contributed by atoms with Gasteiger partial charge in [-0.25, -0.2) is 4.68 Å². The Kier molecular flexibility index (Phi) is 2.92. The molecular formula is C11H9N7O2. The van der Waals surface area contributed by atoms with Crippen molar-refractivity contribution in [1.29, 1.82) is 0 Å². The predicted molar refractivity (Wildman–Crippen MR) is 67.1 cm³/mol. The Morgan fingerprint density at radius 2 is 2.05 bits per heavy atom. The fraction of sp³-hybridized carbons (Fsp3) is 0.0909. The summed E-state index contributed by atoms with van der Waals surface area (Å²) >= 11 is 0. The molecule has 0 aliphatic rings. The van der Waals surface area contributed by atoms with Gasteiger partial charge in [0.05, 0.1) is 11.9 Å². The van der Waals surface area contributed by atoms with Crippen molar-refractivity contribution in [3.05, 3.63) is 58.7 Å². The topological polar surface area (TPSA) is 105 Å². The summed E-state index contributed by atoms with van der Waals surface area (Å²) in [5.41, 5.74) is 1.52. The number of hydrogen-bond donors (Lipinski definition) is 0. The van der Waals surface area contributed by atoms with E-state index in [1.807, 2.05) is 30.3 Å². The molecule has 0 amide bonds. The fourth-order valence-corrected chi connectivity index (χ4v) is 1.69. The van der Waals surface area contributed by atoms with E-state index in [-0.39, 0.29) is 6.54 Å². The summed E-state index contributed by atoms with van der Waals surface area (Å²) in [6.07, 6.45) is 3.03. The van der Waals surface area contributed by atoms with E-state index in [4.69, 9.17) is 0 Å². The van der Waals surface area contributed by atoms with Crippen LogP contribution in [0.25, 0.3) is 5.69 Å². The molecule has 0 bridgehead atoms. The first-order valence-corrected chi connectivity index (χ1v) is 5.73. The monoisotopic (exact) mass is 271 g/mol. The summed E-state index contributed by atoms with van der Waals surface area (Å²) in [7, 11) is 0. The molecule has 9 heteroatoms. The molecule has 3 rings (SSSR count). The molecule has 0 radical (unpaired) electrons. The minimum atomic E-state index is -0.642. The predicted octanol–water partition coefficient (Wildman–Crippen LogP) is 0.815. The molecule has 100 valence electrons. The standard InChI is InChI=1S/C11H9N7O2/c19-18(20)11-12-8-16(14-11)6-9-7-17(15-13-9)10-4-2-1-3-5-10/h1-5,7-8H,6H2. The molecule has 1 aromatic carbocycles. The number of benzene rings is 1. The highest BCUT2D eigenvalue weighted by atomic mass is 16.6. The maximum absolute atomic E-state index is 10.5. The fourth-order valence-electron chi connectivity index (χ4n) is 1.69. The van der Waals surface area contributed by atoms with Gasteiger partial charge in [0.15, 0.2) is 0 Å². The van der Waals surface area contributed by atoms with Crippen molar-refractivity contribution >= 4 is 5.95 Å². The maximum Gasteiger partial charge on any atom is 0.490 e. The van der Waals surface area contributed by atoms with E-state index in [2.05, 4.69) is 20.4 Å². The molecule has 2 heterocycles. The van der Waals surface area contributed by atoms with Gasteiger partial charge in [-0.05, 0) is 17.1 Å². The third-order valence-electron chi connectivity index (χ3n) is 2.57. The van der Waals surface area contributed by atoms with Crippen LogP contribution in [0.15, 0.2) is 42.9 Å². The third kappa shape index (κ3) is 2.36.